The summed E-state index contributed by atoms with van der Waals surface area (Å²) in [7, 11) is 0. The maximum atomic E-state index is 2.89. The van der Waals surface area contributed by atoms with Gasteiger partial charge in [-0.2, -0.15) is 72.8 Å². The van der Waals surface area contributed by atoms with Gasteiger partial charge in [0.15, 0.2) is 0 Å². The Morgan fingerprint density at radius 1 is 0.237 bits per heavy atom. The monoisotopic (exact) mass is 816 g/mol. The normalized spacial score (nSPS) is 5.68. The second-order valence-electron chi connectivity index (χ2n) is 4.46. The number of benzene rings is 4. The molecule has 0 N–H and O–H groups in total. The van der Waals surface area contributed by atoms with E-state index in [-0.39, 0.29) is 146 Å². The summed E-state index contributed by atoms with van der Waals surface area (Å²) in [5.74, 6) is 0. The van der Waals surface area contributed by atoms with Crippen LogP contribution in [0.2, 0.25) is 0 Å². The number of rotatable bonds is 0. The van der Waals surface area contributed by atoms with Crippen molar-refractivity contribution in [3.05, 3.63) is 160 Å². The van der Waals surface area contributed by atoms with Crippen LogP contribution >= 0.6 is 0 Å². The van der Waals surface area contributed by atoms with Gasteiger partial charge in [0.1, 0.15) is 0 Å². The zero-order valence-corrected chi connectivity index (χ0v) is 37.4. The molecule has 0 aliphatic heterocycles. The van der Waals surface area contributed by atoms with Gasteiger partial charge in [0.25, 0.3) is 0 Å². The molecule has 4 aromatic rings. The van der Waals surface area contributed by atoms with Crippen LogP contribution < -0.4 is 0 Å². The summed E-state index contributed by atoms with van der Waals surface area (Å²) in [6.45, 7) is 16.0. The van der Waals surface area contributed by atoms with Gasteiger partial charge in [0, 0.05) is 131 Å². The minimum Gasteiger partial charge on any atom is -0.358 e. The minimum atomic E-state index is 0. The third-order valence-electron chi connectivity index (χ3n) is 2.55. The van der Waals surface area contributed by atoms with Crippen LogP contribution in [-0.2, 0) is 131 Å². The number of hydrogen-bond acceptors (Lipinski definition) is 0. The molecular weight excluding hydrogens is 764 g/mol. The Hall–Kier alpha value is 1.30. The van der Waals surface area contributed by atoms with Crippen molar-refractivity contribution in [2.45, 2.75) is 55.4 Å². The summed E-state index contributed by atoms with van der Waals surface area (Å²) in [5.41, 5.74) is 0. The van der Waals surface area contributed by atoms with Gasteiger partial charge in [-0.3, -0.25) is 0 Å². The summed E-state index contributed by atoms with van der Waals surface area (Å²) < 4.78 is 0. The van der Waals surface area contributed by atoms with Gasteiger partial charge >= 0.3 is 0 Å². The van der Waals surface area contributed by atoms with Crippen LogP contribution in [0.25, 0.3) is 0 Å². The molecule has 204 valence electrons. The Morgan fingerprint density at radius 2 is 0.342 bits per heavy atom. The first-order valence-electron chi connectivity index (χ1n) is 11.8. The Bertz CT molecular complexity index is 432. The van der Waals surface area contributed by atoms with E-state index in [2.05, 4.69) is 12.1 Å². The maximum Gasteiger partial charge on any atom is 0 e. The van der Waals surface area contributed by atoms with E-state index >= 15 is 0 Å². The molecule has 4 rings (SSSR count). The quantitative estimate of drug-likeness (QED) is 0.155. The Balaban J connectivity index is -0.0000000301. The van der Waals surface area contributed by atoms with Gasteiger partial charge < -0.3 is 14.9 Å². The van der Waals surface area contributed by atoms with Gasteiger partial charge in [0.05, 0.1) is 0 Å². The van der Waals surface area contributed by atoms with Gasteiger partial charge in [-0.1, -0.05) is 128 Å². The molecule has 0 spiro atoms. The molecule has 0 nitrogen and oxygen atoms in total. The molecule has 0 aliphatic carbocycles. The zero-order valence-electron chi connectivity index (χ0n) is 26.0. The van der Waals surface area contributed by atoms with Crippen LogP contribution in [-0.4, -0.2) is 0 Å². The van der Waals surface area contributed by atoms with Crippen molar-refractivity contribution in [1.82, 2.24) is 0 Å². The van der Waals surface area contributed by atoms with Gasteiger partial charge in [-0.05, 0) is 0 Å². The van der Waals surface area contributed by atoms with Crippen LogP contribution in [0.5, 0.6) is 0 Å². The summed E-state index contributed by atoms with van der Waals surface area (Å²) in [6, 6.07) is 49.0. The number of hydrogen-bond donors (Lipinski definition) is 0. The van der Waals surface area contributed by atoms with Gasteiger partial charge in [0.2, 0.25) is 0 Å². The van der Waals surface area contributed by atoms with E-state index in [9.17, 15) is 0 Å². The third kappa shape index (κ3) is 76.8. The van der Waals surface area contributed by atoms with Crippen molar-refractivity contribution < 1.29 is 131 Å². The van der Waals surface area contributed by atoms with E-state index in [1.54, 1.807) is 0 Å². The molecule has 0 saturated heterocycles. The van der Waals surface area contributed by atoms with Crippen molar-refractivity contribution in [3.63, 3.8) is 0 Å². The van der Waals surface area contributed by atoms with Gasteiger partial charge in [-0.25, -0.2) is 0 Å². The molecule has 0 saturated carbocycles. The molecule has 38 heavy (non-hydrogen) atoms. The molecule has 0 aliphatic rings. The molecule has 0 unspecified atom stereocenters. The largest absolute Gasteiger partial charge is 0.358 e. The second-order valence-corrected chi connectivity index (χ2v) is 4.46. The molecule has 4 radical (unpaired) electrons. The van der Waals surface area contributed by atoms with Crippen molar-refractivity contribution in [3.8, 4) is 0 Å². The smallest absolute Gasteiger partial charge is 0 e. The fourth-order valence-corrected chi connectivity index (χ4v) is 1.45. The summed E-state index contributed by atoms with van der Waals surface area (Å²) in [6.07, 6.45) is 0. The summed E-state index contributed by atoms with van der Waals surface area (Å²) >= 11 is 0. The summed E-state index contributed by atoms with van der Waals surface area (Å²) in [5, 5.41) is 0. The van der Waals surface area contributed by atoms with E-state index in [0.29, 0.717) is 0 Å². The van der Waals surface area contributed by atoms with Crippen LogP contribution in [0.3, 0.4) is 0 Å². The van der Waals surface area contributed by atoms with Crippen molar-refractivity contribution in [2.75, 3.05) is 0 Å². The van der Waals surface area contributed by atoms with Gasteiger partial charge in [-0.15, -0.1) is 0 Å². The average molecular weight is 816 g/mol. The first-order chi connectivity index (χ1) is 16.0. The Labute approximate surface area is 341 Å². The van der Waals surface area contributed by atoms with E-state index in [1.807, 2.05) is 189 Å². The van der Waals surface area contributed by atoms with E-state index in [1.165, 1.54) is 0 Å². The van der Waals surface area contributed by atoms with Crippen molar-refractivity contribution >= 4 is 0 Å². The minimum absolute atomic E-state index is 0. The molecule has 0 atom stereocenters. The summed E-state index contributed by atoms with van der Waals surface area (Å²) in [4.78, 5) is 0. The third-order valence-corrected chi connectivity index (χ3v) is 2.55. The molecule has 0 heterocycles. The SMILES string of the molecule is CC.CC.CC.CC.[CH3-].[CH3-].[Y].[Y].[Y].[Y].[c-]1ccccc1.[c-]1ccccc1.c1ccccc1.c1ccccc1. The van der Waals surface area contributed by atoms with Crippen LogP contribution in [0, 0.1) is 27.0 Å². The standard InChI is InChI=1S/2C6H6.2C6H5.4C2H6.2CH3.4Y/c4*1-2-4-6-5-3-1;4*1-2;;;;;;/h2*1-6H;2*1-5H;4*1-2H3;2*1H3;;;;/q;;2*-1;;;;;2*-1;;;;. The second kappa shape index (κ2) is 83.2. The van der Waals surface area contributed by atoms with Crippen LogP contribution in [0.15, 0.2) is 133 Å². The van der Waals surface area contributed by atoms with E-state index in [4.69, 9.17) is 0 Å². The fourth-order valence-electron chi connectivity index (χ4n) is 1.45. The first-order valence-corrected chi connectivity index (χ1v) is 11.8. The maximum absolute atomic E-state index is 2.89. The Kier molecular flexibility index (Phi) is 147. The van der Waals surface area contributed by atoms with Crippen LogP contribution in [0.4, 0.5) is 0 Å². The van der Waals surface area contributed by atoms with E-state index in [0.717, 1.165) is 0 Å². The molecule has 4 aromatic carbocycles. The van der Waals surface area contributed by atoms with Crippen molar-refractivity contribution in [2.24, 2.45) is 0 Å². The fraction of sp³-hybridized carbons (Fsp3) is 0.235. The average Bonchev–Trinajstić information content (AvgIpc) is 2.98. The van der Waals surface area contributed by atoms with E-state index < -0.39 is 0 Å². The van der Waals surface area contributed by atoms with Crippen LogP contribution in [0.1, 0.15) is 55.4 Å². The molecule has 0 fully saturated rings. The molecule has 0 amide bonds. The Morgan fingerprint density at radius 3 is 0.395 bits per heavy atom. The first kappa shape index (κ1) is 67.1. The zero-order chi connectivity index (χ0) is 25.0. The molecule has 4 heteroatoms. The molecular formula is C34H52Y4-4. The van der Waals surface area contributed by atoms with Crippen molar-refractivity contribution in [1.29, 1.82) is 0 Å². The predicted molar refractivity (Wildman–Crippen MR) is 162 cm³/mol. The predicted octanol–water partition coefficient (Wildman–Crippen LogP) is 11.3. The molecule has 0 bridgehead atoms. The molecule has 0 aromatic heterocycles. The topological polar surface area (TPSA) is 0 Å².